The van der Waals surface area contributed by atoms with Gasteiger partial charge in [0, 0.05) is 39.3 Å². The van der Waals surface area contributed by atoms with Gasteiger partial charge in [-0.15, -0.1) is 24.8 Å². The molecule has 4 rings (SSSR count). The molecule has 1 fully saturated rings. The standard InChI is InChI=1S/C26H36N2O5.2ClH/c1-20(2)23-5-3-4-6-24(23)31-14-13-30-18-22(29)17-28-11-9-27(10-12-28)16-21-7-8-25-26(15-21)33-19-32-25;;/h3-8,15,20,22,29H,9-14,16-19H2,1-2H3;2*1H. The zero-order valence-corrected chi connectivity index (χ0v) is 22.2. The number of rotatable bonds is 11. The molecule has 1 unspecified atom stereocenters. The van der Waals surface area contributed by atoms with Gasteiger partial charge in [-0.05, 0) is 35.2 Å². The van der Waals surface area contributed by atoms with Crippen molar-refractivity contribution in [1.29, 1.82) is 0 Å². The molecule has 2 aromatic carbocycles. The first kappa shape index (κ1) is 29.5. The Morgan fingerprint density at radius 2 is 1.63 bits per heavy atom. The molecule has 9 heteroatoms. The minimum Gasteiger partial charge on any atom is -0.491 e. The summed E-state index contributed by atoms with van der Waals surface area (Å²) in [4.78, 5) is 4.74. The van der Waals surface area contributed by atoms with E-state index >= 15 is 0 Å². The number of β-amino-alcohol motifs (C(OH)–C–C–N with tert-alkyl or cyclic N) is 1. The van der Waals surface area contributed by atoms with Crippen molar-refractivity contribution < 1.29 is 24.1 Å². The third-order valence-electron chi connectivity index (χ3n) is 6.11. The van der Waals surface area contributed by atoms with Gasteiger partial charge in [0.05, 0.1) is 19.3 Å². The van der Waals surface area contributed by atoms with E-state index in [1.54, 1.807) is 0 Å². The Balaban J connectivity index is 0.00000216. The third kappa shape index (κ3) is 8.70. The van der Waals surface area contributed by atoms with Gasteiger partial charge < -0.3 is 24.1 Å². The largest absolute Gasteiger partial charge is 0.491 e. The van der Waals surface area contributed by atoms with E-state index in [0.29, 0.717) is 39.1 Å². The van der Waals surface area contributed by atoms with Crippen LogP contribution in [0, 0.1) is 0 Å². The Labute approximate surface area is 221 Å². The van der Waals surface area contributed by atoms with E-state index in [9.17, 15) is 5.11 Å². The van der Waals surface area contributed by atoms with Gasteiger partial charge >= 0.3 is 0 Å². The van der Waals surface area contributed by atoms with E-state index in [-0.39, 0.29) is 24.8 Å². The molecular formula is C26H38Cl2N2O5. The summed E-state index contributed by atoms with van der Waals surface area (Å²) in [6, 6.07) is 14.3. The molecule has 2 aliphatic heterocycles. The summed E-state index contributed by atoms with van der Waals surface area (Å²) in [5.74, 6) is 2.99. The summed E-state index contributed by atoms with van der Waals surface area (Å²) in [6.45, 7) is 11.3. The van der Waals surface area contributed by atoms with Crippen LogP contribution in [0.5, 0.6) is 17.2 Å². The quantitative estimate of drug-likeness (QED) is 0.443. The molecule has 0 aromatic heterocycles. The lowest BCUT2D eigenvalue weighted by atomic mass is 10.0. The van der Waals surface area contributed by atoms with Gasteiger partial charge in [0.1, 0.15) is 12.4 Å². The molecule has 2 aliphatic rings. The maximum atomic E-state index is 10.4. The highest BCUT2D eigenvalue weighted by Crippen LogP contribution is 2.33. The van der Waals surface area contributed by atoms with Crippen LogP contribution in [0.3, 0.4) is 0 Å². The van der Waals surface area contributed by atoms with E-state index < -0.39 is 6.10 Å². The van der Waals surface area contributed by atoms with Gasteiger partial charge in [0.25, 0.3) is 0 Å². The molecule has 2 heterocycles. The number of benzene rings is 2. The first-order valence-electron chi connectivity index (χ1n) is 11.9. The molecule has 2 aromatic rings. The van der Waals surface area contributed by atoms with Crippen molar-refractivity contribution in [2.75, 3.05) is 59.3 Å². The molecule has 1 atom stereocenters. The fourth-order valence-electron chi connectivity index (χ4n) is 4.30. The molecule has 0 aliphatic carbocycles. The molecule has 0 saturated carbocycles. The normalized spacial score (nSPS) is 16.5. The van der Waals surface area contributed by atoms with E-state index in [2.05, 4.69) is 41.8 Å². The number of halogens is 2. The Kier molecular flexibility index (Phi) is 12.4. The lowest BCUT2D eigenvalue weighted by molar-refractivity contribution is -0.000510. The lowest BCUT2D eigenvalue weighted by Crippen LogP contribution is -2.48. The summed E-state index contributed by atoms with van der Waals surface area (Å²) < 4.78 is 22.4. The van der Waals surface area contributed by atoms with Crippen molar-refractivity contribution >= 4 is 24.8 Å². The van der Waals surface area contributed by atoms with Gasteiger partial charge in [-0.2, -0.15) is 0 Å². The summed E-state index contributed by atoms with van der Waals surface area (Å²) in [7, 11) is 0. The zero-order valence-electron chi connectivity index (χ0n) is 20.6. The van der Waals surface area contributed by atoms with Gasteiger partial charge in [-0.1, -0.05) is 38.1 Å². The molecular weight excluding hydrogens is 491 g/mol. The number of hydrogen-bond acceptors (Lipinski definition) is 7. The number of aliphatic hydroxyl groups is 1. The van der Waals surface area contributed by atoms with Crippen LogP contribution in [0.25, 0.3) is 0 Å². The van der Waals surface area contributed by atoms with E-state index in [1.807, 2.05) is 24.3 Å². The number of ether oxygens (including phenoxy) is 4. The Morgan fingerprint density at radius 1 is 0.914 bits per heavy atom. The first-order chi connectivity index (χ1) is 16.1. The average Bonchev–Trinajstić information content (AvgIpc) is 3.28. The van der Waals surface area contributed by atoms with Gasteiger partial charge in [-0.25, -0.2) is 0 Å². The van der Waals surface area contributed by atoms with Crippen LogP contribution < -0.4 is 14.2 Å². The zero-order chi connectivity index (χ0) is 23.0. The predicted octanol–water partition coefficient (Wildman–Crippen LogP) is 3.96. The summed E-state index contributed by atoms with van der Waals surface area (Å²) in [5.41, 5.74) is 2.44. The van der Waals surface area contributed by atoms with Gasteiger partial charge in [-0.3, -0.25) is 9.80 Å². The second kappa shape index (κ2) is 14.7. The number of aliphatic hydroxyl groups excluding tert-OH is 1. The monoisotopic (exact) mass is 528 g/mol. The van der Waals surface area contributed by atoms with Crippen molar-refractivity contribution in [3.05, 3.63) is 53.6 Å². The van der Waals surface area contributed by atoms with Crippen LogP contribution in [0.15, 0.2) is 42.5 Å². The smallest absolute Gasteiger partial charge is 0.231 e. The van der Waals surface area contributed by atoms with Crippen LogP contribution in [-0.4, -0.2) is 80.3 Å². The minimum atomic E-state index is -0.492. The molecule has 0 bridgehead atoms. The van der Waals surface area contributed by atoms with Crippen LogP contribution in [0.2, 0.25) is 0 Å². The number of piperazine rings is 1. The number of hydrogen-bond donors (Lipinski definition) is 1. The fourth-order valence-corrected chi connectivity index (χ4v) is 4.30. The van der Waals surface area contributed by atoms with E-state index in [0.717, 1.165) is 50.0 Å². The molecule has 0 radical (unpaired) electrons. The highest BCUT2D eigenvalue weighted by atomic mass is 35.5. The first-order valence-corrected chi connectivity index (χ1v) is 11.9. The van der Waals surface area contributed by atoms with Crippen LogP contribution in [0.1, 0.15) is 30.9 Å². The second-order valence-corrected chi connectivity index (χ2v) is 9.03. The Morgan fingerprint density at radius 3 is 2.40 bits per heavy atom. The Hall–Kier alpha value is -1.74. The third-order valence-corrected chi connectivity index (χ3v) is 6.11. The maximum absolute atomic E-state index is 10.4. The van der Waals surface area contributed by atoms with Crippen molar-refractivity contribution in [1.82, 2.24) is 9.80 Å². The Bertz CT molecular complexity index is 894. The summed E-state index contributed by atoms with van der Waals surface area (Å²) >= 11 is 0. The maximum Gasteiger partial charge on any atom is 0.231 e. The van der Waals surface area contributed by atoms with Crippen molar-refractivity contribution in [3.8, 4) is 17.2 Å². The molecule has 0 amide bonds. The highest BCUT2D eigenvalue weighted by Gasteiger charge is 2.20. The molecule has 196 valence electrons. The van der Waals surface area contributed by atoms with Crippen molar-refractivity contribution in [2.45, 2.75) is 32.4 Å². The van der Waals surface area contributed by atoms with Gasteiger partial charge in [0.15, 0.2) is 11.5 Å². The van der Waals surface area contributed by atoms with Crippen LogP contribution in [-0.2, 0) is 11.3 Å². The lowest BCUT2D eigenvalue weighted by Gasteiger charge is -2.35. The predicted molar refractivity (Wildman–Crippen MR) is 142 cm³/mol. The fraction of sp³-hybridized carbons (Fsp3) is 0.538. The highest BCUT2D eigenvalue weighted by molar-refractivity contribution is 5.85. The topological polar surface area (TPSA) is 63.6 Å². The molecule has 1 N–H and O–H groups in total. The summed E-state index contributed by atoms with van der Waals surface area (Å²) in [6.07, 6.45) is -0.492. The minimum absolute atomic E-state index is 0. The average molecular weight is 530 g/mol. The van der Waals surface area contributed by atoms with Crippen LogP contribution in [0.4, 0.5) is 0 Å². The number of para-hydroxylation sites is 1. The summed E-state index contributed by atoms with van der Waals surface area (Å²) in [5, 5.41) is 10.4. The SMILES string of the molecule is CC(C)c1ccccc1OCCOCC(O)CN1CCN(Cc2ccc3c(c2)OCO3)CC1.Cl.Cl. The molecule has 0 spiro atoms. The van der Waals surface area contributed by atoms with Crippen molar-refractivity contribution in [2.24, 2.45) is 0 Å². The molecule has 35 heavy (non-hydrogen) atoms. The second-order valence-electron chi connectivity index (χ2n) is 9.03. The molecule has 1 saturated heterocycles. The van der Waals surface area contributed by atoms with Crippen LogP contribution >= 0.6 is 24.8 Å². The number of nitrogens with zero attached hydrogens (tertiary/aromatic N) is 2. The van der Waals surface area contributed by atoms with Gasteiger partial charge in [0.2, 0.25) is 6.79 Å². The van der Waals surface area contributed by atoms with Crippen molar-refractivity contribution in [3.63, 3.8) is 0 Å². The van der Waals surface area contributed by atoms with E-state index in [4.69, 9.17) is 18.9 Å². The molecule has 7 nitrogen and oxygen atoms in total. The van der Waals surface area contributed by atoms with E-state index in [1.165, 1.54) is 11.1 Å². The number of fused-ring (bicyclic) bond motifs is 1.